The summed E-state index contributed by atoms with van der Waals surface area (Å²) in [5.41, 5.74) is 2.44. The van der Waals surface area contributed by atoms with Crippen molar-refractivity contribution in [2.45, 2.75) is 26.7 Å². The Labute approximate surface area is 102 Å². The monoisotopic (exact) mass is 233 g/mol. The summed E-state index contributed by atoms with van der Waals surface area (Å²) in [6.07, 6.45) is 0.826. The zero-order valence-corrected chi connectivity index (χ0v) is 10.7. The van der Waals surface area contributed by atoms with Crippen molar-refractivity contribution in [3.8, 4) is 0 Å². The van der Waals surface area contributed by atoms with Crippen molar-refractivity contribution in [3.05, 3.63) is 35.4 Å². The van der Waals surface area contributed by atoms with Crippen LogP contribution in [0.2, 0.25) is 0 Å². The number of likely N-dealkylation sites (N-methyl/N-ethyl adjacent to an activating group) is 1. The fourth-order valence-electron chi connectivity index (χ4n) is 1.64. The second-order valence-corrected chi connectivity index (χ2v) is 4.43. The fourth-order valence-corrected chi connectivity index (χ4v) is 1.64. The van der Waals surface area contributed by atoms with Crippen molar-refractivity contribution in [1.82, 2.24) is 4.90 Å². The molecule has 0 N–H and O–H groups in total. The van der Waals surface area contributed by atoms with Gasteiger partial charge >= 0.3 is 0 Å². The highest BCUT2D eigenvalue weighted by molar-refractivity contribution is 5.96. The molecule has 0 atom stereocenters. The SMILES string of the molecule is CC(=O)CC(=O)N(C)CCc1cccc(C)c1. The lowest BCUT2D eigenvalue weighted by Crippen LogP contribution is -2.30. The number of Topliss-reactive ketones (excluding diaryl/α,β-unsaturated/α-hetero) is 1. The third kappa shape index (κ3) is 4.81. The van der Waals surface area contributed by atoms with Gasteiger partial charge in [-0.05, 0) is 25.8 Å². The molecule has 3 heteroatoms. The van der Waals surface area contributed by atoms with Crippen LogP contribution in [0.4, 0.5) is 0 Å². The first-order chi connectivity index (χ1) is 7.99. The number of nitrogens with zero attached hydrogens (tertiary/aromatic N) is 1. The topological polar surface area (TPSA) is 37.4 Å². The van der Waals surface area contributed by atoms with Gasteiger partial charge in [0.15, 0.2) is 0 Å². The Hall–Kier alpha value is -1.64. The van der Waals surface area contributed by atoms with E-state index in [4.69, 9.17) is 0 Å². The molecule has 0 unspecified atom stereocenters. The first-order valence-electron chi connectivity index (χ1n) is 5.78. The Kier molecular flexibility index (Phi) is 4.88. The summed E-state index contributed by atoms with van der Waals surface area (Å²) >= 11 is 0. The van der Waals surface area contributed by atoms with Crippen molar-refractivity contribution >= 4 is 11.7 Å². The molecule has 0 aliphatic rings. The molecule has 17 heavy (non-hydrogen) atoms. The van der Waals surface area contributed by atoms with E-state index in [2.05, 4.69) is 12.1 Å². The Morgan fingerprint density at radius 2 is 2.00 bits per heavy atom. The van der Waals surface area contributed by atoms with Crippen LogP contribution in [0.5, 0.6) is 0 Å². The third-order valence-corrected chi connectivity index (χ3v) is 2.64. The van der Waals surface area contributed by atoms with Crippen LogP contribution in [0, 0.1) is 6.92 Å². The van der Waals surface area contributed by atoms with Crippen LogP contribution >= 0.6 is 0 Å². The van der Waals surface area contributed by atoms with Crippen LogP contribution in [-0.4, -0.2) is 30.2 Å². The highest BCUT2D eigenvalue weighted by Gasteiger charge is 2.10. The average molecular weight is 233 g/mol. The summed E-state index contributed by atoms with van der Waals surface area (Å²) in [6.45, 7) is 4.13. The van der Waals surface area contributed by atoms with Gasteiger partial charge in [0.1, 0.15) is 5.78 Å². The molecule has 92 valence electrons. The quantitative estimate of drug-likeness (QED) is 0.729. The van der Waals surface area contributed by atoms with Crippen LogP contribution in [0.15, 0.2) is 24.3 Å². The van der Waals surface area contributed by atoms with E-state index in [1.807, 2.05) is 19.1 Å². The number of carbonyl (C=O) groups excluding carboxylic acids is 2. The standard InChI is InChI=1S/C14H19NO2/c1-11-5-4-6-13(9-11)7-8-15(3)14(17)10-12(2)16/h4-6,9H,7-8,10H2,1-3H3. The molecule has 0 radical (unpaired) electrons. The number of amides is 1. The van der Waals surface area contributed by atoms with Gasteiger partial charge in [0, 0.05) is 13.6 Å². The molecule has 1 rings (SSSR count). The van der Waals surface area contributed by atoms with E-state index in [1.165, 1.54) is 18.1 Å². The van der Waals surface area contributed by atoms with Crippen molar-refractivity contribution < 1.29 is 9.59 Å². The lowest BCUT2D eigenvalue weighted by atomic mass is 10.1. The second kappa shape index (κ2) is 6.18. The van der Waals surface area contributed by atoms with Crippen molar-refractivity contribution in [3.63, 3.8) is 0 Å². The van der Waals surface area contributed by atoms with Gasteiger partial charge in [-0.25, -0.2) is 0 Å². The predicted molar refractivity (Wildman–Crippen MR) is 67.8 cm³/mol. The number of carbonyl (C=O) groups is 2. The molecule has 1 aromatic rings. The Balaban J connectivity index is 2.45. The van der Waals surface area contributed by atoms with E-state index >= 15 is 0 Å². The molecule has 1 aromatic carbocycles. The van der Waals surface area contributed by atoms with E-state index in [0.717, 1.165) is 6.42 Å². The van der Waals surface area contributed by atoms with Gasteiger partial charge in [-0.2, -0.15) is 0 Å². The minimum absolute atomic E-state index is 0.00428. The lowest BCUT2D eigenvalue weighted by Gasteiger charge is -2.16. The van der Waals surface area contributed by atoms with E-state index in [9.17, 15) is 9.59 Å². The zero-order valence-electron chi connectivity index (χ0n) is 10.7. The van der Waals surface area contributed by atoms with Gasteiger partial charge in [0.2, 0.25) is 5.91 Å². The fraction of sp³-hybridized carbons (Fsp3) is 0.429. The van der Waals surface area contributed by atoms with Gasteiger partial charge in [-0.1, -0.05) is 29.8 Å². The first-order valence-corrected chi connectivity index (χ1v) is 5.78. The molecule has 0 aliphatic carbocycles. The smallest absolute Gasteiger partial charge is 0.229 e. The third-order valence-electron chi connectivity index (χ3n) is 2.64. The van der Waals surface area contributed by atoms with Crippen molar-refractivity contribution in [2.75, 3.05) is 13.6 Å². The summed E-state index contributed by atoms with van der Waals surface area (Å²) in [5, 5.41) is 0. The summed E-state index contributed by atoms with van der Waals surface area (Å²) < 4.78 is 0. The van der Waals surface area contributed by atoms with Crippen LogP contribution in [0.3, 0.4) is 0 Å². The Morgan fingerprint density at radius 1 is 1.29 bits per heavy atom. The van der Waals surface area contributed by atoms with Gasteiger partial charge in [0.05, 0.1) is 6.42 Å². The van der Waals surface area contributed by atoms with Gasteiger partial charge in [-0.3, -0.25) is 9.59 Å². The van der Waals surface area contributed by atoms with Crippen molar-refractivity contribution in [1.29, 1.82) is 0 Å². The summed E-state index contributed by atoms with van der Waals surface area (Å²) in [5.74, 6) is -0.192. The first kappa shape index (κ1) is 13.4. The lowest BCUT2D eigenvalue weighted by molar-refractivity contribution is -0.133. The Bertz CT molecular complexity index is 412. The number of rotatable bonds is 5. The van der Waals surface area contributed by atoms with Crippen LogP contribution < -0.4 is 0 Å². The molecule has 0 aromatic heterocycles. The maximum Gasteiger partial charge on any atom is 0.229 e. The molecule has 0 spiro atoms. The second-order valence-electron chi connectivity index (χ2n) is 4.43. The van der Waals surface area contributed by atoms with Crippen LogP contribution in [0.25, 0.3) is 0 Å². The zero-order chi connectivity index (χ0) is 12.8. The van der Waals surface area contributed by atoms with Gasteiger partial charge in [0.25, 0.3) is 0 Å². The minimum Gasteiger partial charge on any atom is -0.345 e. The molecule has 0 saturated carbocycles. The number of hydrogen-bond acceptors (Lipinski definition) is 2. The molecule has 0 bridgehead atoms. The molecule has 0 heterocycles. The van der Waals surface area contributed by atoms with Gasteiger partial charge < -0.3 is 4.90 Å². The Morgan fingerprint density at radius 3 is 2.59 bits per heavy atom. The largest absolute Gasteiger partial charge is 0.345 e. The van der Waals surface area contributed by atoms with E-state index in [0.29, 0.717) is 6.54 Å². The molecule has 1 amide bonds. The number of hydrogen-bond donors (Lipinski definition) is 0. The molecular formula is C14H19NO2. The maximum absolute atomic E-state index is 11.5. The predicted octanol–water partition coefficient (Wildman–Crippen LogP) is 1.98. The van der Waals surface area contributed by atoms with Crippen molar-refractivity contribution in [2.24, 2.45) is 0 Å². The molecule has 3 nitrogen and oxygen atoms in total. The molecule has 0 fully saturated rings. The number of ketones is 1. The molecule has 0 aliphatic heterocycles. The van der Waals surface area contributed by atoms with Gasteiger partial charge in [-0.15, -0.1) is 0 Å². The summed E-state index contributed by atoms with van der Waals surface area (Å²) in [6, 6.07) is 8.23. The molecule has 0 saturated heterocycles. The molecular weight excluding hydrogens is 214 g/mol. The number of aryl methyl sites for hydroxylation is 1. The summed E-state index contributed by atoms with van der Waals surface area (Å²) in [4.78, 5) is 24.0. The van der Waals surface area contributed by atoms with Crippen LogP contribution in [0.1, 0.15) is 24.5 Å². The van der Waals surface area contributed by atoms with E-state index in [-0.39, 0.29) is 18.1 Å². The minimum atomic E-state index is -0.106. The number of benzene rings is 1. The normalized spacial score (nSPS) is 10.1. The maximum atomic E-state index is 11.5. The van der Waals surface area contributed by atoms with E-state index in [1.54, 1.807) is 11.9 Å². The summed E-state index contributed by atoms with van der Waals surface area (Å²) in [7, 11) is 1.74. The van der Waals surface area contributed by atoms with Crippen LogP contribution in [-0.2, 0) is 16.0 Å². The average Bonchev–Trinajstić information content (AvgIpc) is 2.25. The highest BCUT2D eigenvalue weighted by atomic mass is 16.2. The highest BCUT2D eigenvalue weighted by Crippen LogP contribution is 2.05. The van der Waals surface area contributed by atoms with E-state index < -0.39 is 0 Å².